The van der Waals surface area contributed by atoms with Gasteiger partial charge in [-0.2, -0.15) is 0 Å². The van der Waals surface area contributed by atoms with Crippen LogP contribution in [0.5, 0.6) is 0 Å². The molecule has 0 radical (unpaired) electrons. The summed E-state index contributed by atoms with van der Waals surface area (Å²) in [6.45, 7) is 2.45. The molecule has 0 bridgehead atoms. The molecule has 64 valence electrons. The third kappa shape index (κ3) is 1.00. The molecule has 0 aromatic carbocycles. The first-order valence-corrected chi connectivity index (χ1v) is 4.59. The van der Waals surface area contributed by atoms with Gasteiger partial charge in [-0.1, -0.05) is 13.3 Å². The number of hydrogen-bond acceptors (Lipinski definition) is 2. The largest absolute Gasteiger partial charge is 0.394 e. The molecule has 1 aliphatic heterocycles. The number of epoxide rings is 1. The second kappa shape index (κ2) is 2.46. The lowest BCUT2D eigenvalue weighted by Crippen LogP contribution is -2.35. The molecule has 11 heavy (non-hydrogen) atoms. The van der Waals surface area contributed by atoms with Crippen LogP contribution in [0.1, 0.15) is 32.6 Å². The van der Waals surface area contributed by atoms with Crippen LogP contribution in [-0.2, 0) is 4.74 Å². The molecule has 2 rings (SSSR count). The van der Waals surface area contributed by atoms with Crippen molar-refractivity contribution in [1.29, 1.82) is 0 Å². The topological polar surface area (TPSA) is 32.8 Å². The number of ether oxygens (including phenoxy) is 1. The zero-order valence-electron chi connectivity index (χ0n) is 7.05. The van der Waals surface area contributed by atoms with E-state index in [2.05, 4.69) is 6.92 Å². The van der Waals surface area contributed by atoms with Gasteiger partial charge in [-0.3, -0.25) is 0 Å². The fraction of sp³-hybridized carbons (Fsp3) is 1.00. The monoisotopic (exact) mass is 156 g/mol. The molecule has 0 aromatic rings. The Bertz CT molecular complexity index is 146. The predicted molar refractivity (Wildman–Crippen MR) is 42.3 cm³/mol. The lowest BCUT2D eigenvalue weighted by molar-refractivity contribution is 0.0812. The highest BCUT2D eigenvalue weighted by Gasteiger charge is 2.55. The van der Waals surface area contributed by atoms with Crippen molar-refractivity contribution in [3.05, 3.63) is 0 Å². The number of aliphatic hydroxyl groups excluding tert-OH is 1. The van der Waals surface area contributed by atoms with Crippen LogP contribution in [0.25, 0.3) is 0 Å². The van der Waals surface area contributed by atoms with Gasteiger partial charge < -0.3 is 9.84 Å². The third-order valence-electron chi connectivity index (χ3n) is 3.42. The number of aliphatic hydroxyl groups is 1. The quantitative estimate of drug-likeness (QED) is 0.625. The summed E-state index contributed by atoms with van der Waals surface area (Å²) >= 11 is 0. The highest BCUT2D eigenvalue weighted by Crippen LogP contribution is 2.54. The molecule has 1 saturated carbocycles. The van der Waals surface area contributed by atoms with Crippen LogP contribution < -0.4 is 0 Å². The van der Waals surface area contributed by atoms with Crippen molar-refractivity contribution in [2.24, 2.45) is 5.41 Å². The summed E-state index contributed by atoms with van der Waals surface area (Å²) in [5.41, 5.74) is 0.466. The zero-order valence-corrected chi connectivity index (χ0v) is 7.05. The zero-order chi connectivity index (χ0) is 7.90. The van der Waals surface area contributed by atoms with Gasteiger partial charge in [0.15, 0.2) is 0 Å². The second-order valence-corrected chi connectivity index (χ2v) is 3.85. The van der Waals surface area contributed by atoms with Gasteiger partial charge in [0, 0.05) is 0 Å². The Morgan fingerprint density at radius 3 is 2.55 bits per heavy atom. The van der Waals surface area contributed by atoms with Crippen molar-refractivity contribution >= 4 is 0 Å². The maximum absolute atomic E-state index is 8.83. The third-order valence-corrected chi connectivity index (χ3v) is 3.42. The highest BCUT2D eigenvalue weighted by atomic mass is 16.6. The molecule has 1 heterocycles. The van der Waals surface area contributed by atoms with E-state index in [4.69, 9.17) is 9.84 Å². The molecule has 2 heteroatoms. The van der Waals surface area contributed by atoms with Crippen molar-refractivity contribution in [3.8, 4) is 0 Å². The molecule has 0 aromatic heterocycles. The van der Waals surface area contributed by atoms with E-state index in [1.807, 2.05) is 0 Å². The van der Waals surface area contributed by atoms with E-state index < -0.39 is 0 Å². The summed E-state index contributed by atoms with van der Waals surface area (Å²) in [5.74, 6) is 0. The normalized spacial score (nSPS) is 39.8. The Kier molecular flexibility index (Phi) is 1.69. The van der Waals surface area contributed by atoms with E-state index in [0.717, 1.165) is 0 Å². The van der Waals surface area contributed by atoms with Crippen molar-refractivity contribution in [2.45, 2.75) is 44.8 Å². The molecule has 0 amide bonds. The molecule has 1 aliphatic carbocycles. The molecule has 1 N–H and O–H groups in total. The lowest BCUT2D eigenvalue weighted by Gasteiger charge is -2.40. The summed E-state index contributed by atoms with van der Waals surface area (Å²) in [5, 5.41) is 8.83. The molecule has 2 aliphatic rings. The fourth-order valence-electron chi connectivity index (χ4n) is 2.29. The van der Waals surface area contributed by atoms with Crippen LogP contribution in [0.3, 0.4) is 0 Å². The van der Waals surface area contributed by atoms with Crippen molar-refractivity contribution in [1.82, 2.24) is 0 Å². The van der Waals surface area contributed by atoms with Gasteiger partial charge >= 0.3 is 0 Å². The first-order chi connectivity index (χ1) is 5.32. The summed E-state index contributed by atoms with van der Waals surface area (Å²) < 4.78 is 5.41. The molecular weight excluding hydrogens is 140 g/mol. The standard InChI is InChI=1S/C9H16O2/c1-2-9(4-3-5-9)8-7(6-10)11-8/h7-8,10H,2-6H2,1H3/t7-,8+/m0/s1. The molecule has 0 spiro atoms. The minimum absolute atomic E-state index is 0.176. The Morgan fingerprint density at radius 1 is 1.55 bits per heavy atom. The predicted octanol–water partition coefficient (Wildman–Crippen LogP) is 1.33. The van der Waals surface area contributed by atoms with E-state index in [1.54, 1.807) is 0 Å². The van der Waals surface area contributed by atoms with Crippen LogP contribution in [0.2, 0.25) is 0 Å². The van der Waals surface area contributed by atoms with Gasteiger partial charge in [0.05, 0.1) is 12.7 Å². The van der Waals surface area contributed by atoms with E-state index in [9.17, 15) is 0 Å². The maximum Gasteiger partial charge on any atom is 0.108 e. The Balaban J connectivity index is 1.93. The van der Waals surface area contributed by atoms with Gasteiger partial charge in [-0.25, -0.2) is 0 Å². The minimum Gasteiger partial charge on any atom is -0.394 e. The fourth-order valence-corrected chi connectivity index (χ4v) is 2.29. The van der Waals surface area contributed by atoms with E-state index in [-0.39, 0.29) is 12.7 Å². The van der Waals surface area contributed by atoms with Crippen molar-refractivity contribution in [2.75, 3.05) is 6.61 Å². The van der Waals surface area contributed by atoms with Crippen molar-refractivity contribution in [3.63, 3.8) is 0 Å². The molecule has 2 atom stereocenters. The van der Waals surface area contributed by atoms with E-state index in [0.29, 0.717) is 11.5 Å². The minimum atomic E-state index is 0.176. The van der Waals surface area contributed by atoms with Gasteiger partial charge in [-0.15, -0.1) is 0 Å². The van der Waals surface area contributed by atoms with Crippen molar-refractivity contribution < 1.29 is 9.84 Å². The summed E-state index contributed by atoms with van der Waals surface area (Å²) in [4.78, 5) is 0. The Morgan fingerprint density at radius 2 is 2.27 bits per heavy atom. The number of hydrogen-bond donors (Lipinski definition) is 1. The average molecular weight is 156 g/mol. The van der Waals surface area contributed by atoms with Gasteiger partial charge in [0.2, 0.25) is 0 Å². The van der Waals surface area contributed by atoms with Gasteiger partial charge in [0.1, 0.15) is 6.10 Å². The second-order valence-electron chi connectivity index (χ2n) is 3.85. The summed E-state index contributed by atoms with van der Waals surface area (Å²) in [6.07, 6.45) is 5.76. The van der Waals surface area contributed by atoms with Crippen LogP contribution in [0, 0.1) is 5.41 Å². The average Bonchev–Trinajstić information content (AvgIpc) is 2.67. The first-order valence-electron chi connectivity index (χ1n) is 4.59. The molecular formula is C9H16O2. The van der Waals surface area contributed by atoms with Crippen LogP contribution in [0.4, 0.5) is 0 Å². The Hall–Kier alpha value is -0.0800. The summed E-state index contributed by atoms with van der Waals surface area (Å²) in [7, 11) is 0. The SMILES string of the molecule is CCC1([C@@H]2O[C@H]2CO)CCC1. The maximum atomic E-state index is 8.83. The molecule has 2 fully saturated rings. The number of rotatable bonds is 3. The lowest BCUT2D eigenvalue weighted by atomic mass is 9.64. The molecule has 1 saturated heterocycles. The van der Waals surface area contributed by atoms with Crippen LogP contribution in [-0.4, -0.2) is 23.9 Å². The Labute approximate surface area is 67.6 Å². The first kappa shape index (κ1) is 7.56. The van der Waals surface area contributed by atoms with Crippen LogP contribution in [0.15, 0.2) is 0 Å². The van der Waals surface area contributed by atoms with E-state index >= 15 is 0 Å². The molecule has 0 unspecified atom stereocenters. The highest BCUT2D eigenvalue weighted by molar-refractivity contribution is 5.03. The van der Waals surface area contributed by atoms with Gasteiger partial charge in [-0.05, 0) is 24.7 Å². The van der Waals surface area contributed by atoms with E-state index in [1.165, 1.54) is 25.7 Å². The van der Waals surface area contributed by atoms with Crippen LogP contribution >= 0.6 is 0 Å². The smallest absolute Gasteiger partial charge is 0.108 e. The summed E-state index contributed by atoms with van der Waals surface area (Å²) in [6, 6.07) is 0. The van der Waals surface area contributed by atoms with Gasteiger partial charge in [0.25, 0.3) is 0 Å². The molecule has 2 nitrogen and oxygen atoms in total.